The average Bonchev–Trinajstić information content (AvgIpc) is 3.19. The number of hydrogen-bond acceptors (Lipinski definition) is 5. The summed E-state index contributed by atoms with van der Waals surface area (Å²) in [6.45, 7) is 10.3. The number of halogens is 1. The molecule has 1 aromatic rings. The number of likely N-dealkylation sites (tertiary alicyclic amines) is 1. The van der Waals surface area contributed by atoms with Crippen molar-refractivity contribution in [3.63, 3.8) is 0 Å². The first-order valence-electron chi connectivity index (χ1n) is 9.83. The summed E-state index contributed by atoms with van der Waals surface area (Å²) >= 11 is 1.86. The van der Waals surface area contributed by atoms with Gasteiger partial charge in [-0.25, -0.2) is 0 Å². The lowest BCUT2D eigenvalue weighted by molar-refractivity contribution is 0.0389. The topological polar surface area (TPSA) is 52.1 Å². The second-order valence-electron chi connectivity index (χ2n) is 7.13. The molecule has 2 aliphatic heterocycles. The number of thiophene rings is 1. The van der Waals surface area contributed by atoms with E-state index < -0.39 is 0 Å². The van der Waals surface area contributed by atoms with Crippen LogP contribution in [0.5, 0.6) is 0 Å². The van der Waals surface area contributed by atoms with E-state index in [4.69, 9.17) is 4.74 Å². The number of morpholine rings is 1. The number of guanidine groups is 1. The van der Waals surface area contributed by atoms with Crippen molar-refractivity contribution in [1.29, 1.82) is 0 Å². The number of nitrogens with one attached hydrogen (secondary N) is 2. The fourth-order valence-corrected chi connectivity index (χ4v) is 4.34. The van der Waals surface area contributed by atoms with Crippen molar-refractivity contribution < 1.29 is 4.74 Å². The van der Waals surface area contributed by atoms with Crippen LogP contribution in [0.15, 0.2) is 22.5 Å². The predicted octanol–water partition coefficient (Wildman–Crippen LogP) is 2.08. The number of piperidine rings is 1. The maximum absolute atomic E-state index is 5.39. The van der Waals surface area contributed by atoms with Gasteiger partial charge in [0.1, 0.15) is 0 Å². The molecule has 0 amide bonds. The number of hydrogen-bond donors (Lipinski definition) is 2. The van der Waals surface area contributed by atoms with Crippen LogP contribution in [0.2, 0.25) is 0 Å². The number of ether oxygens (including phenoxy) is 1. The van der Waals surface area contributed by atoms with Gasteiger partial charge < -0.3 is 15.4 Å². The van der Waals surface area contributed by atoms with E-state index in [1.807, 2.05) is 18.4 Å². The molecule has 0 unspecified atom stereocenters. The molecule has 6 nitrogen and oxygen atoms in total. The summed E-state index contributed by atoms with van der Waals surface area (Å²) in [7, 11) is 1.85. The summed E-state index contributed by atoms with van der Waals surface area (Å²) in [6.07, 6.45) is 2.53. The Morgan fingerprint density at radius 3 is 2.63 bits per heavy atom. The third-order valence-corrected chi connectivity index (χ3v) is 6.13. The fraction of sp³-hybridized carbons (Fsp3) is 0.737. The van der Waals surface area contributed by atoms with Gasteiger partial charge in [0, 0.05) is 51.2 Å². The maximum atomic E-state index is 5.39. The molecule has 2 saturated heterocycles. The normalized spacial score (nSPS) is 20.3. The van der Waals surface area contributed by atoms with E-state index in [-0.39, 0.29) is 24.0 Å². The summed E-state index contributed by atoms with van der Waals surface area (Å²) in [5, 5.41) is 9.13. The van der Waals surface area contributed by atoms with Crippen molar-refractivity contribution in [2.75, 3.05) is 66.1 Å². The molecule has 8 heteroatoms. The number of rotatable bonds is 7. The zero-order chi connectivity index (χ0) is 18.0. The number of nitrogens with zero attached hydrogens (tertiary/aromatic N) is 3. The van der Waals surface area contributed by atoms with Gasteiger partial charge in [0.25, 0.3) is 0 Å². The van der Waals surface area contributed by atoms with Crippen LogP contribution >= 0.6 is 35.3 Å². The second-order valence-corrected chi connectivity index (χ2v) is 8.17. The minimum Gasteiger partial charge on any atom is -0.379 e. The van der Waals surface area contributed by atoms with Gasteiger partial charge in [0.05, 0.1) is 13.2 Å². The lowest BCUT2D eigenvalue weighted by atomic mass is 9.97. The Morgan fingerprint density at radius 2 is 1.96 bits per heavy atom. The van der Waals surface area contributed by atoms with E-state index in [0.29, 0.717) is 0 Å². The summed E-state index contributed by atoms with van der Waals surface area (Å²) in [6, 6.07) is 4.39. The molecule has 2 N–H and O–H groups in total. The molecule has 0 atom stereocenters. The Labute approximate surface area is 184 Å². The summed E-state index contributed by atoms with van der Waals surface area (Å²) in [5.41, 5.74) is 0. The van der Waals surface area contributed by atoms with E-state index in [1.165, 1.54) is 30.8 Å². The van der Waals surface area contributed by atoms with Crippen molar-refractivity contribution >= 4 is 41.3 Å². The van der Waals surface area contributed by atoms with Crippen LogP contribution in [0.3, 0.4) is 0 Å². The van der Waals surface area contributed by atoms with Crippen LogP contribution in [-0.2, 0) is 11.3 Å². The molecule has 0 aliphatic carbocycles. The maximum Gasteiger partial charge on any atom is 0.191 e. The first kappa shape index (κ1) is 22.9. The smallest absolute Gasteiger partial charge is 0.191 e. The van der Waals surface area contributed by atoms with E-state index in [2.05, 4.69) is 42.9 Å². The number of aliphatic imine (C=N–C) groups is 1. The van der Waals surface area contributed by atoms with Gasteiger partial charge in [0.15, 0.2) is 5.96 Å². The second kappa shape index (κ2) is 12.9. The highest BCUT2D eigenvalue weighted by atomic mass is 127. The quantitative estimate of drug-likeness (QED) is 0.337. The standard InChI is InChI=1S/C19H33N5OS.HI/c1-20-19(21-6-9-23-10-12-25-13-11-23)22-15-17-4-7-24(8-5-17)16-18-3-2-14-26-18;/h2-3,14,17H,4-13,15-16H2,1H3,(H2,20,21,22);1H. The Hall–Kier alpha value is -0.420. The molecule has 0 aromatic carbocycles. The molecular formula is C19H34IN5OS. The summed E-state index contributed by atoms with van der Waals surface area (Å²) in [4.78, 5) is 10.9. The zero-order valence-electron chi connectivity index (χ0n) is 16.4. The molecular weight excluding hydrogens is 473 g/mol. The van der Waals surface area contributed by atoms with Crippen LogP contribution in [0.4, 0.5) is 0 Å². The van der Waals surface area contributed by atoms with E-state index >= 15 is 0 Å². The summed E-state index contributed by atoms with van der Waals surface area (Å²) in [5.74, 6) is 1.67. The lowest BCUT2D eigenvalue weighted by Gasteiger charge is -2.32. The molecule has 0 spiro atoms. The molecule has 154 valence electrons. The van der Waals surface area contributed by atoms with E-state index in [9.17, 15) is 0 Å². The van der Waals surface area contributed by atoms with Gasteiger partial charge in [-0.1, -0.05) is 6.07 Å². The average molecular weight is 507 g/mol. The SMILES string of the molecule is CN=C(NCCN1CCOCC1)NCC1CCN(Cc2cccs2)CC1.I. The van der Waals surface area contributed by atoms with Gasteiger partial charge in [-0.05, 0) is 43.3 Å². The van der Waals surface area contributed by atoms with Gasteiger partial charge in [-0.2, -0.15) is 0 Å². The molecule has 2 aliphatic rings. The third kappa shape index (κ3) is 8.23. The Balaban J connectivity index is 0.00000261. The molecule has 0 radical (unpaired) electrons. The first-order valence-corrected chi connectivity index (χ1v) is 10.7. The van der Waals surface area contributed by atoms with Crippen molar-refractivity contribution in [2.24, 2.45) is 10.9 Å². The highest BCUT2D eigenvalue weighted by molar-refractivity contribution is 14.0. The lowest BCUT2D eigenvalue weighted by Crippen LogP contribution is -2.46. The van der Waals surface area contributed by atoms with Crippen molar-refractivity contribution in [3.8, 4) is 0 Å². The van der Waals surface area contributed by atoms with Gasteiger partial charge in [-0.15, -0.1) is 35.3 Å². The van der Waals surface area contributed by atoms with Crippen LogP contribution in [0.25, 0.3) is 0 Å². The van der Waals surface area contributed by atoms with Crippen LogP contribution in [0, 0.1) is 5.92 Å². The van der Waals surface area contributed by atoms with Crippen LogP contribution in [-0.4, -0.2) is 81.8 Å². The summed E-state index contributed by atoms with van der Waals surface area (Å²) < 4.78 is 5.39. The minimum atomic E-state index is 0. The largest absolute Gasteiger partial charge is 0.379 e. The molecule has 3 heterocycles. The first-order chi connectivity index (χ1) is 12.8. The Kier molecular flexibility index (Phi) is 10.9. The van der Waals surface area contributed by atoms with Gasteiger partial charge in [0.2, 0.25) is 0 Å². The molecule has 3 rings (SSSR count). The molecule has 1 aromatic heterocycles. The highest BCUT2D eigenvalue weighted by Crippen LogP contribution is 2.20. The molecule has 0 bridgehead atoms. The van der Waals surface area contributed by atoms with E-state index in [0.717, 1.165) is 64.4 Å². The third-order valence-electron chi connectivity index (χ3n) is 5.27. The Bertz CT molecular complexity index is 528. The van der Waals surface area contributed by atoms with Gasteiger partial charge >= 0.3 is 0 Å². The highest BCUT2D eigenvalue weighted by Gasteiger charge is 2.19. The van der Waals surface area contributed by atoms with E-state index in [1.54, 1.807) is 0 Å². The molecule has 2 fully saturated rings. The zero-order valence-corrected chi connectivity index (χ0v) is 19.5. The monoisotopic (exact) mass is 507 g/mol. The Morgan fingerprint density at radius 1 is 1.19 bits per heavy atom. The van der Waals surface area contributed by atoms with Crippen molar-refractivity contribution in [3.05, 3.63) is 22.4 Å². The van der Waals surface area contributed by atoms with Crippen LogP contribution in [0.1, 0.15) is 17.7 Å². The molecule has 0 saturated carbocycles. The predicted molar refractivity (Wildman–Crippen MR) is 124 cm³/mol. The van der Waals surface area contributed by atoms with Crippen molar-refractivity contribution in [2.45, 2.75) is 19.4 Å². The van der Waals surface area contributed by atoms with Crippen molar-refractivity contribution in [1.82, 2.24) is 20.4 Å². The molecule has 27 heavy (non-hydrogen) atoms. The fourth-order valence-electron chi connectivity index (χ4n) is 3.59. The minimum absolute atomic E-state index is 0. The van der Waals surface area contributed by atoms with Gasteiger partial charge in [-0.3, -0.25) is 14.8 Å². The van der Waals surface area contributed by atoms with Crippen LogP contribution < -0.4 is 10.6 Å².